The van der Waals surface area contributed by atoms with E-state index in [9.17, 15) is 0 Å². The first-order valence-electron chi connectivity index (χ1n) is 5.95. The molecule has 1 saturated carbocycles. The van der Waals surface area contributed by atoms with E-state index in [0.717, 1.165) is 35.9 Å². The number of piperidine rings is 1. The number of likely N-dealkylation sites (tertiary alicyclic amines) is 1. The molecule has 2 unspecified atom stereocenters. The summed E-state index contributed by atoms with van der Waals surface area (Å²) in [6, 6.07) is 8.17. The monoisotopic (exact) mass is 236 g/mol. The molecule has 2 N–H and O–H groups in total. The molecule has 0 spiro atoms. The molecule has 1 aliphatic carbocycles. The maximum Gasteiger partial charge on any atom is 0.0406 e. The molecule has 86 valence electrons. The molecule has 2 nitrogen and oxygen atoms in total. The molecule has 1 aromatic rings. The first-order valence-corrected chi connectivity index (χ1v) is 6.32. The maximum absolute atomic E-state index is 5.87. The first kappa shape index (κ1) is 10.6. The van der Waals surface area contributed by atoms with Crippen LogP contribution in [0.1, 0.15) is 5.56 Å². The average molecular weight is 237 g/mol. The van der Waals surface area contributed by atoms with Crippen molar-refractivity contribution in [2.75, 3.05) is 19.6 Å². The van der Waals surface area contributed by atoms with Gasteiger partial charge in [-0.15, -0.1) is 0 Å². The molecule has 0 aromatic heterocycles. The Hall–Kier alpha value is -0.570. The van der Waals surface area contributed by atoms with Gasteiger partial charge in [0, 0.05) is 24.7 Å². The molecule has 2 atom stereocenters. The number of nitrogens with two attached hydrogens (primary N) is 1. The van der Waals surface area contributed by atoms with E-state index in [1.165, 1.54) is 18.7 Å². The zero-order valence-electron chi connectivity index (χ0n) is 9.27. The Balaban J connectivity index is 1.56. The summed E-state index contributed by atoms with van der Waals surface area (Å²) in [6.45, 7) is 4.40. The first-order chi connectivity index (χ1) is 7.78. The fraction of sp³-hybridized carbons (Fsp3) is 0.538. The van der Waals surface area contributed by atoms with Crippen LogP contribution in [-0.2, 0) is 6.54 Å². The number of benzene rings is 1. The third-order valence-electron chi connectivity index (χ3n) is 4.04. The van der Waals surface area contributed by atoms with Gasteiger partial charge in [0.2, 0.25) is 0 Å². The molecule has 2 fully saturated rings. The Morgan fingerprint density at radius 2 is 1.81 bits per heavy atom. The van der Waals surface area contributed by atoms with Crippen molar-refractivity contribution in [1.82, 2.24) is 4.90 Å². The molecule has 1 aliphatic heterocycles. The van der Waals surface area contributed by atoms with Gasteiger partial charge in [-0.05, 0) is 42.0 Å². The highest BCUT2D eigenvalue weighted by atomic mass is 35.5. The Morgan fingerprint density at radius 1 is 1.19 bits per heavy atom. The molecular weight excluding hydrogens is 220 g/mol. The van der Waals surface area contributed by atoms with Crippen molar-refractivity contribution in [2.24, 2.45) is 23.5 Å². The Bertz CT molecular complexity index is 364. The van der Waals surface area contributed by atoms with E-state index >= 15 is 0 Å². The minimum atomic E-state index is 0.816. The fourth-order valence-electron chi connectivity index (χ4n) is 3.06. The van der Waals surface area contributed by atoms with Crippen molar-refractivity contribution < 1.29 is 0 Å². The maximum atomic E-state index is 5.87. The topological polar surface area (TPSA) is 29.3 Å². The van der Waals surface area contributed by atoms with Gasteiger partial charge in [0.1, 0.15) is 0 Å². The van der Waals surface area contributed by atoms with Gasteiger partial charge in [-0.2, -0.15) is 0 Å². The lowest BCUT2D eigenvalue weighted by atomic mass is 10.2. The molecular formula is C13H17ClN2. The summed E-state index contributed by atoms with van der Waals surface area (Å²) in [6.07, 6.45) is 0. The summed E-state index contributed by atoms with van der Waals surface area (Å²) in [5.41, 5.74) is 7.06. The second-order valence-electron chi connectivity index (χ2n) is 5.05. The van der Waals surface area contributed by atoms with Crippen LogP contribution in [0.2, 0.25) is 5.02 Å². The SMILES string of the molecule is NCC1C2CN(Cc3ccc(Cl)cc3)CC12. The molecule has 0 radical (unpaired) electrons. The molecule has 3 heteroatoms. The molecule has 0 amide bonds. The van der Waals surface area contributed by atoms with E-state index in [2.05, 4.69) is 17.0 Å². The molecule has 3 rings (SSSR count). The van der Waals surface area contributed by atoms with E-state index in [1.54, 1.807) is 0 Å². The second kappa shape index (κ2) is 4.02. The number of nitrogens with zero attached hydrogens (tertiary/aromatic N) is 1. The molecule has 16 heavy (non-hydrogen) atoms. The van der Waals surface area contributed by atoms with Gasteiger partial charge < -0.3 is 5.73 Å². The van der Waals surface area contributed by atoms with Crippen LogP contribution >= 0.6 is 11.6 Å². The van der Waals surface area contributed by atoms with Crippen molar-refractivity contribution >= 4 is 11.6 Å². The van der Waals surface area contributed by atoms with Crippen LogP contribution in [0.3, 0.4) is 0 Å². The highest BCUT2D eigenvalue weighted by Gasteiger charge is 2.54. The van der Waals surface area contributed by atoms with Crippen LogP contribution < -0.4 is 5.73 Å². The van der Waals surface area contributed by atoms with E-state index < -0.39 is 0 Å². The van der Waals surface area contributed by atoms with Gasteiger partial charge in [0.05, 0.1) is 0 Å². The Kier molecular flexibility index (Phi) is 2.66. The molecule has 1 heterocycles. The van der Waals surface area contributed by atoms with Crippen LogP contribution in [0.4, 0.5) is 0 Å². The van der Waals surface area contributed by atoms with Crippen LogP contribution in [0.5, 0.6) is 0 Å². The number of rotatable bonds is 3. The lowest BCUT2D eigenvalue weighted by molar-refractivity contribution is 0.279. The minimum Gasteiger partial charge on any atom is -0.330 e. The summed E-state index contributed by atoms with van der Waals surface area (Å²) in [5.74, 6) is 2.59. The van der Waals surface area contributed by atoms with E-state index in [1.807, 2.05) is 12.1 Å². The van der Waals surface area contributed by atoms with Gasteiger partial charge >= 0.3 is 0 Å². The molecule has 2 aliphatic rings. The molecule has 1 saturated heterocycles. The molecule has 0 bridgehead atoms. The predicted octanol–water partition coefficient (Wildman–Crippen LogP) is 1.98. The Morgan fingerprint density at radius 3 is 2.38 bits per heavy atom. The zero-order valence-corrected chi connectivity index (χ0v) is 10.0. The van der Waals surface area contributed by atoms with Crippen molar-refractivity contribution in [3.63, 3.8) is 0 Å². The number of halogens is 1. The van der Waals surface area contributed by atoms with Gasteiger partial charge in [-0.3, -0.25) is 4.90 Å². The van der Waals surface area contributed by atoms with Crippen LogP contribution in [0.25, 0.3) is 0 Å². The normalized spacial score (nSPS) is 32.8. The lowest BCUT2D eigenvalue weighted by Gasteiger charge is -2.19. The van der Waals surface area contributed by atoms with Crippen LogP contribution in [-0.4, -0.2) is 24.5 Å². The highest BCUT2D eigenvalue weighted by molar-refractivity contribution is 6.30. The Labute approximate surface area is 101 Å². The number of hydrogen-bond acceptors (Lipinski definition) is 2. The molecule has 1 aromatic carbocycles. The summed E-state index contributed by atoms with van der Waals surface area (Å²) < 4.78 is 0. The van der Waals surface area contributed by atoms with Crippen molar-refractivity contribution in [1.29, 1.82) is 0 Å². The van der Waals surface area contributed by atoms with Gasteiger partial charge in [-0.25, -0.2) is 0 Å². The zero-order chi connectivity index (χ0) is 11.1. The van der Waals surface area contributed by atoms with Crippen molar-refractivity contribution in [3.05, 3.63) is 34.9 Å². The summed E-state index contributed by atoms with van der Waals surface area (Å²) in [4.78, 5) is 2.53. The summed E-state index contributed by atoms with van der Waals surface area (Å²) in [5, 5.41) is 0.816. The smallest absolute Gasteiger partial charge is 0.0406 e. The van der Waals surface area contributed by atoms with Gasteiger partial charge in [0.15, 0.2) is 0 Å². The van der Waals surface area contributed by atoms with E-state index in [0.29, 0.717) is 0 Å². The fourth-order valence-corrected chi connectivity index (χ4v) is 3.19. The summed E-state index contributed by atoms with van der Waals surface area (Å²) in [7, 11) is 0. The van der Waals surface area contributed by atoms with Gasteiger partial charge in [0.25, 0.3) is 0 Å². The summed E-state index contributed by atoms with van der Waals surface area (Å²) >= 11 is 5.87. The third kappa shape index (κ3) is 1.86. The lowest BCUT2D eigenvalue weighted by Crippen LogP contribution is -2.25. The van der Waals surface area contributed by atoms with Gasteiger partial charge in [-0.1, -0.05) is 23.7 Å². The van der Waals surface area contributed by atoms with Crippen molar-refractivity contribution in [2.45, 2.75) is 6.54 Å². The average Bonchev–Trinajstić information content (AvgIpc) is 2.76. The predicted molar refractivity (Wildman–Crippen MR) is 66.3 cm³/mol. The van der Waals surface area contributed by atoms with Crippen molar-refractivity contribution in [3.8, 4) is 0 Å². The minimum absolute atomic E-state index is 0.816. The largest absolute Gasteiger partial charge is 0.330 e. The van der Waals surface area contributed by atoms with Crippen LogP contribution in [0, 0.1) is 17.8 Å². The quantitative estimate of drug-likeness (QED) is 0.870. The standard InChI is InChI=1S/C13H17ClN2/c14-10-3-1-9(2-4-10)6-16-7-12-11(5-15)13(12)8-16/h1-4,11-13H,5-8,15H2. The number of fused-ring (bicyclic) bond motifs is 1. The van der Waals surface area contributed by atoms with E-state index in [4.69, 9.17) is 17.3 Å². The number of hydrogen-bond donors (Lipinski definition) is 1. The van der Waals surface area contributed by atoms with Crippen LogP contribution in [0.15, 0.2) is 24.3 Å². The third-order valence-corrected chi connectivity index (χ3v) is 4.29. The highest BCUT2D eigenvalue weighted by Crippen LogP contribution is 2.51. The second-order valence-corrected chi connectivity index (χ2v) is 5.48. The van der Waals surface area contributed by atoms with E-state index in [-0.39, 0.29) is 0 Å².